The van der Waals surface area contributed by atoms with E-state index in [1.54, 1.807) is 5.01 Å². The number of nitroso groups, excluding NO2 is 1. The van der Waals surface area contributed by atoms with Crippen molar-refractivity contribution in [3.8, 4) is 0 Å². The lowest BCUT2D eigenvalue weighted by Gasteiger charge is -2.30. The van der Waals surface area contributed by atoms with E-state index in [4.69, 9.17) is 0 Å². The fourth-order valence-electron chi connectivity index (χ4n) is 1.70. The summed E-state index contributed by atoms with van der Waals surface area (Å²) in [6, 6.07) is 0. The molecule has 0 saturated carbocycles. The summed E-state index contributed by atoms with van der Waals surface area (Å²) in [5.74, 6) is 1.25. The van der Waals surface area contributed by atoms with Gasteiger partial charge >= 0.3 is 0 Å². The highest BCUT2D eigenvalue weighted by atomic mass is 16.3. The van der Waals surface area contributed by atoms with Crippen molar-refractivity contribution in [2.45, 2.75) is 20.3 Å². The van der Waals surface area contributed by atoms with Gasteiger partial charge in [0.05, 0.1) is 5.29 Å². The van der Waals surface area contributed by atoms with Crippen LogP contribution in [0, 0.1) is 16.7 Å². The summed E-state index contributed by atoms with van der Waals surface area (Å²) >= 11 is 0. The second kappa shape index (κ2) is 2.99. The molecule has 0 aromatic carbocycles. The quantitative estimate of drug-likeness (QED) is 0.521. The zero-order valence-corrected chi connectivity index (χ0v) is 6.58. The van der Waals surface area contributed by atoms with Crippen molar-refractivity contribution >= 4 is 0 Å². The molecular formula is C7H14N2O. The van der Waals surface area contributed by atoms with Gasteiger partial charge < -0.3 is 0 Å². The zero-order valence-electron chi connectivity index (χ0n) is 6.58. The first-order valence-corrected chi connectivity index (χ1v) is 3.80. The fraction of sp³-hybridized carbons (Fsp3) is 1.00. The molecule has 3 heteroatoms. The molecule has 0 N–H and O–H groups in total. The Morgan fingerprint density at radius 3 is 2.20 bits per heavy atom. The van der Waals surface area contributed by atoms with Crippen molar-refractivity contribution in [1.29, 1.82) is 0 Å². The Bertz CT molecular complexity index is 117. The highest BCUT2D eigenvalue weighted by Crippen LogP contribution is 2.20. The summed E-state index contributed by atoms with van der Waals surface area (Å²) in [6.07, 6.45) is 1.23. The summed E-state index contributed by atoms with van der Waals surface area (Å²) in [7, 11) is 0. The van der Waals surface area contributed by atoms with Crippen LogP contribution >= 0.6 is 0 Å². The van der Waals surface area contributed by atoms with E-state index >= 15 is 0 Å². The largest absolute Gasteiger partial charge is 0.260 e. The Kier molecular flexibility index (Phi) is 2.25. The number of piperidine rings is 1. The average Bonchev–Trinajstić information content (AvgIpc) is 1.85. The van der Waals surface area contributed by atoms with Gasteiger partial charge in [-0.2, -0.15) is 0 Å². The van der Waals surface area contributed by atoms with Gasteiger partial charge in [0.25, 0.3) is 0 Å². The minimum absolute atomic E-state index is 0.626. The molecule has 58 valence electrons. The second-order valence-electron chi connectivity index (χ2n) is 3.40. The van der Waals surface area contributed by atoms with Crippen LogP contribution in [0.4, 0.5) is 0 Å². The van der Waals surface area contributed by atoms with E-state index in [9.17, 15) is 4.91 Å². The Morgan fingerprint density at radius 1 is 1.30 bits per heavy atom. The highest BCUT2D eigenvalue weighted by Gasteiger charge is 2.20. The van der Waals surface area contributed by atoms with E-state index in [1.165, 1.54) is 6.42 Å². The average molecular weight is 142 g/mol. The standard InChI is InChI=1S/C7H14N2O/c1-6-3-7(2)5-9(4-6)8-10/h6-7H,3-5H2,1-2H3/t6-,7+. The Balaban J connectivity index is 2.42. The summed E-state index contributed by atoms with van der Waals surface area (Å²) < 4.78 is 0. The van der Waals surface area contributed by atoms with Gasteiger partial charge in [-0.25, -0.2) is 0 Å². The van der Waals surface area contributed by atoms with Gasteiger partial charge in [-0.15, -0.1) is 4.91 Å². The van der Waals surface area contributed by atoms with Crippen molar-refractivity contribution < 1.29 is 0 Å². The van der Waals surface area contributed by atoms with Crippen LogP contribution in [0.3, 0.4) is 0 Å². The lowest BCUT2D eigenvalue weighted by molar-refractivity contribution is 0.144. The molecule has 0 aromatic rings. The SMILES string of the molecule is C[C@@H]1C[C@H](C)CN(N=O)C1. The molecule has 1 saturated heterocycles. The number of hydrogen-bond donors (Lipinski definition) is 0. The molecular weight excluding hydrogens is 128 g/mol. The van der Waals surface area contributed by atoms with E-state index in [0.29, 0.717) is 11.8 Å². The third-order valence-corrected chi connectivity index (χ3v) is 1.97. The predicted octanol–water partition coefficient (Wildman–Crippen LogP) is 1.65. The molecule has 2 atom stereocenters. The van der Waals surface area contributed by atoms with E-state index in [2.05, 4.69) is 19.1 Å². The van der Waals surface area contributed by atoms with Gasteiger partial charge in [0.1, 0.15) is 0 Å². The third-order valence-electron chi connectivity index (χ3n) is 1.97. The molecule has 1 heterocycles. The lowest BCUT2D eigenvalue weighted by atomic mass is 9.93. The normalized spacial score (nSPS) is 34.0. The first-order valence-electron chi connectivity index (χ1n) is 3.80. The van der Waals surface area contributed by atoms with Gasteiger partial charge in [-0.3, -0.25) is 5.01 Å². The van der Waals surface area contributed by atoms with Gasteiger partial charge in [0.2, 0.25) is 0 Å². The van der Waals surface area contributed by atoms with Crippen molar-refractivity contribution in [2.24, 2.45) is 17.1 Å². The minimum atomic E-state index is 0.626. The van der Waals surface area contributed by atoms with Crippen molar-refractivity contribution in [3.63, 3.8) is 0 Å². The fourth-order valence-corrected chi connectivity index (χ4v) is 1.70. The molecule has 0 unspecified atom stereocenters. The molecule has 3 nitrogen and oxygen atoms in total. The van der Waals surface area contributed by atoms with Crippen LogP contribution in [0.1, 0.15) is 20.3 Å². The molecule has 10 heavy (non-hydrogen) atoms. The van der Waals surface area contributed by atoms with Crippen molar-refractivity contribution in [1.82, 2.24) is 5.01 Å². The van der Waals surface area contributed by atoms with Gasteiger partial charge in [-0.05, 0) is 18.3 Å². The summed E-state index contributed by atoms with van der Waals surface area (Å²) in [6.45, 7) is 6.00. The molecule has 0 spiro atoms. The van der Waals surface area contributed by atoms with Crippen LogP contribution in [0.15, 0.2) is 5.29 Å². The minimum Gasteiger partial charge on any atom is -0.260 e. The third kappa shape index (κ3) is 1.69. The van der Waals surface area contributed by atoms with Crippen LogP contribution in [0.5, 0.6) is 0 Å². The predicted molar refractivity (Wildman–Crippen MR) is 40.3 cm³/mol. The Morgan fingerprint density at radius 2 is 1.80 bits per heavy atom. The van der Waals surface area contributed by atoms with Crippen LogP contribution in [-0.2, 0) is 0 Å². The first-order chi connectivity index (χ1) is 4.72. The van der Waals surface area contributed by atoms with Gasteiger partial charge in [-0.1, -0.05) is 13.8 Å². The topological polar surface area (TPSA) is 32.7 Å². The van der Waals surface area contributed by atoms with E-state index < -0.39 is 0 Å². The van der Waals surface area contributed by atoms with Crippen molar-refractivity contribution in [2.75, 3.05) is 13.1 Å². The Hall–Kier alpha value is -0.600. The highest BCUT2D eigenvalue weighted by molar-refractivity contribution is 4.71. The van der Waals surface area contributed by atoms with Crippen LogP contribution in [-0.4, -0.2) is 18.1 Å². The van der Waals surface area contributed by atoms with E-state index in [0.717, 1.165) is 13.1 Å². The monoisotopic (exact) mass is 142 g/mol. The molecule has 0 amide bonds. The zero-order chi connectivity index (χ0) is 7.56. The van der Waals surface area contributed by atoms with Crippen LogP contribution < -0.4 is 0 Å². The van der Waals surface area contributed by atoms with Crippen LogP contribution in [0.25, 0.3) is 0 Å². The van der Waals surface area contributed by atoms with Gasteiger partial charge in [0, 0.05) is 13.1 Å². The molecule has 1 aliphatic rings. The maximum Gasteiger partial charge on any atom is 0.0524 e. The molecule has 0 radical (unpaired) electrons. The number of rotatable bonds is 1. The van der Waals surface area contributed by atoms with E-state index in [1.807, 2.05) is 0 Å². The molecule has 0 aromatic heterocycles. The summed E-state index contributed by atoms with van der Waals surface area (Å²) in [5.41, 5.74) is 0. The molecule has 0 aliphatic carbocycles. The Labute approximate surface area is 61.3 Å². The molecule has 0 bridgehead atoms. The number of nitrogens with zero attached hydrogens (tertiary/aromatic N) is 2. The smallest absolute Gasteiger partial charge is 0.0524 e. The molecule has 1 rings (SSSR count). The number of hydrogen-bond acceptors (Lipinski definition) is 2. The van der Waals surface area contributed by atoms with Crippen molar-refractivity contribution in [3.05, 3.63) is 4.91 Å². The van der Waals surface area contributed by atoms with Crippen LogP contribution in [0.2, 0.25) is 0 Å². The summed E-state index contributed by atoms with van der Waals surface area (Å²) in [4.78, 5) is 10.1. The first kappa shape index (κ1) is 7.51. The maximum atomic E-state index is 10.1. The molecule has 1 fully saturated rings. The summed E-state index contributed by atoms with van der Waals surface area (Å²) in [5, 5.41) is 4.56. The second-order valence-corrected chi connectivity index (χ2v) is 3.40. The maximum absolute atomic E-state index is 10.1. The molecule has 1 aliphatic heterocycles. The van der Waals surface area contributed by atoms with E-state index in [-0.39, 0.29) is 0 Å². The van der Waals surface area contributed by atoms with Gasteiger partial charge in [0.15, 0.2) is 0 Å². The lowest BCUT2D eigenvalue weighted by Crippen LogP contribution is -2.34.